The second-order valence-corrected chi connectivity index (χ2v) is 6.70. The third-order valence-corrected chi connectivity index (χ3v) is 4.87. The van der Waals surface area contributed by atoms with E-state index >= 15 is 0 Å². The summed E-state index contributed by atoms with van der Waals surface area (Å²) in [6.45, 7) is 8.97. The maximum atomic E-state index is 12.7. The number of hydrogen-bond acceptors (Lipinski definition) is 4. The Labute approximate surface area is 141 Å². The summed E-state index contributed by atoms with van der Waals surface area (Å²) in [7, 11) is 2.05. The lowest BCUT2D eigenvalue weighted by Crippen LogP contribution is -2.48. The molecule has 0 N–H and O–H groups in total. The molecule has 1 amide bonds. The Hall–Kier alpha value is -2.21. The number of benzene rings is 1. The van der Waals surface area contributed by atoms with Gasteiger partial charge in [-0.2, -0.15) is 0 Å². The van der Waals surface area contributed by atoms with Gasteiger partial charge >= 0.3 is 0 Å². The van der Waals surface area contributed by atoms with Crippen LogP contribution in [0.3, 0.4) is 0 Å². The normalized spacial score (nSPS) is 15.9. The van der Waals surface area contributed by atoms with Gasteiger partial charge in [-0.15, -0.1) is 0 Å². The van der Waals surface area contributed by atoms with Crippen LogP contribution >= 0.6 is 0 Å². The third kappa shape index (κ3) is 3.06. The van der Waals surface area contributed by atoms with E-state index < -0.39 is 0 Å². The average Bonchev–Trinajstić information content (AvgIpc) is 2.54. The van der Waals surface area contributed by atoms with Crippen molar-refractivity contribution in [3.05, 3.63) is 39.3 Å². The molecule has 6 heteroatoms. The molecule has 2 aromatic rings. The molecule has 0 unspecified atom stereocenters. The fourth-order valence-electron chi connectivity index (χ4n) is 3.07. The van der Waals surface area contributed by atoms with Crippen LogP contribution in [0.1, 0.15) is 16.8 Å². The van der Waals surface area contributed by atoms with Crippen LogP contribution in [0.15, 0.2) is 16.9 Å². The van der Waals surface area contributed by atoms with Gasteiger partial charge < -0.3 is 9.80 Å². The summed E-state index contributed by atoms with van der Waals surface area (Å²) in [6, 6.07) is 3.93. The van der Waals surface area contributed by atoms with E-state index in [1.807, 2.05) is 30.9 Å². The first-order valence-electron chi connectivity index (χ1n) is 8.31. The number of carbonyl (C=O) groups is 1. The zero-order valence-electron chi connectivity index (χ0n) is 14.8. The Bertz CT molecular complexity index is 848. The largest absolute Gasteiger partial charge is 0.339 e. The molecule has 0 saturated carbocycles. The number of nitrogens with zero attached hydrogens (tertiary/aromatic N) is 4. The Kier molecular flexibility index (Phi) is 4.41. The molecule has 128 valence electrons. The van der Waals surface area contributed by atoms with Crippen LogP contribution in [0.2, 0.25) is 0 Å². The zero-order valence-corrected chi connectivity index (χ0v) is 14.8. The Balaban J connectivity index is 1.99. The van der Waals surface area contributed by atoms with Crippen LogP contribution in [0.4, 0.5) is 0 Å². The maximum Gasteiger partial charge on any atom is 0.272 e. The van der Waals surface area contributed by atoms with E-state index in [1.165, 1.54) is 0 Å². The van der Waals surface area contributed by atoms with Crippen molar-refractivity contribution in [2.75, 3.05) is 33.2 Å². The molecule has 1 saturated heterocycles. The van der Waals surface area contributed by atoms with Crippen molar-refractivity contribution in [2.45, 2.75) is 27.3 Å². The maximum absolute atomic E-state index is 12.7. The highest BCUT2D eigenvalue weighted by molar-refractivity contribution is 5.81. The quantitative estimate of drug-likeness (QED) is 0.828. The standard InChI is InChI=1S/C18H24N4O2/c1-12-9-15-16(10-13(12)2)22(18(24)14(3)19-15)11-17(23)21-7-5-20(4)6-8-21/h9-10H,5-8,11H2,1-4H3. The highest BCUT2D eigenvalue weighted by Crippen LogP contribution is 2.17. The Morgan fingerprint density at radius 2 is 1.71 bits per heavy atom. The topological polar surface area (TPSA) is 58.4 Å². The second-order valence-electron chi connectivity index (χ2n) is 6.70. The van der Waals surface area contributed by atoms with Crippen LogP contribution in [0.5, 0.6) is 0 Å². The lowest BCUT2D eigenvalue weighted by molar-refractivity contribution is -0.133. The molecule has 0 bridgehead atoms. The molecule has 0 aliphatic carbocycles. The third-order valence-electron chi connectivity index (χ3n) is 4.87. The molecule has 0 spiro atoms. The first-order chi connectivity index (χ1) is 11.4. The summed E-state index contributed by atoms with van der Waals surface area (Å²) in [5.41, 5.74) is 3.96. The number of hydrogen-bond donors (Lipinski definition) is 0. The van der Waals surface area contributed by atoms with Crippen molar-refractivity contribution < 1.29 is 4.79 Å². The van der Waals surface area contributed by atoms with Crippen molar-refractivity contribution in [1.29, 1.82) is 0 Å². The van der Waals surface area contributed by atoms with E-state index in [9.17, 15) is 9.59 Å². The average molecular weight is 328 g/mol. The number of aryl methyl sites for hydroxylation is 3. The number of amides is 1. The molecule has 0 atom stereocenters. The minimum atomic E-state index is -0.187. The van der Waals surface area contributed by atoms with Crippen LogP contribution < -0.4 is 5.56 Å². The van der Waals surface area contributed by atoms with Crippen LogP contribution in [-0.2, 0) is 11.3 Å². The second kappa shape index (κ2) is 6.36. The van der Waals surface area contributed by atoms with Gasteiger partial charge in [0.25, 0.3) is 5.56 Å². The van der Waals surface area contributed by atoms with Gasteiger partial charge in [0, 0.05) is 26.2 Å². The monoisotopic (exact) mass is 328 g/mol. The summed E-state index contributed by atoms with van der Waals surface area (Å²) in [5, 5.41) is 0. The van der Waals surface area contributed by atoms with E-state index in [0.717, 1.165) is 35.2 Å². The van der Waals surface area contributed by atoms with E-state index in [1.54, 1.807) is 11.5 Å². The fourth-order valence-corrected chi connectivity index (χ4v) is 3.07. The highest BCUT2D eigenvalue weighted by atomic mass is 16.2. The first kappa shape index (κ1) is 16.6. The smallest absolute Gasteiger partial charge is 0.272 e. The zero-order chi connectivity index (χ0) is 17.4. The summed E-state index contributed by atoms with van der Waals surface area (Å²) in [4.78, 5) is 33.7. The van der Waals surface area contributed by atoms with E-state index in [0.29, 0.717) is 18.8 Å². The van der Waals surface area contributed by atoms with Crippen LogP contribution in [-0.4, -0.2) is 58.5 Å². The molecule has 2 heterocycles. The molecule has 3 rings (SSSR count). The van der Waals surface area contributed by atoms with Crippen LogP contribution in [0.25, 0.3) is 11.0 Å². The number of likely N-dealkylation sites (N-methyl/N-ethyl adjacent to an activating group) is 1. The number of carbonyl (C=O) groups excluding carboxylic acids is 1. The Morgan fingerprint density at radius 3 is 2.38 bits per heavy atom. The predicted octanol–water partition coefficient (Wildman–Crippen LogP) is 1.10. The Morgan fingerprint density at radius 1 is 1.08 bits per heavy atom. The van der Waals surface area contributed by atoms with E-state index in [2.05, 4.69) is 16.9 Å². The summed E-state index contributed by atoms with van der Waals surface area (Å²) in [5.74, 6) is -0.00433. The van der Waals surface area contributed by atoms with Crippen molar-refractivity contribution in [1.82, 2.24) is 19.4 Å². The fraction of sp³-hybridized carbons (Fsp3) is 0.500. The van der Waals surface area contributed by atoms with Crippen LogP contribution in [0, 0.1) is 20.8 Å². The molecule has 24 heavy (non-hydrogen) atoms. The van der Waals surface area contributed by atoms with Gasteiger partial charge in [-0.25, -0.2) is 4.98 Å². The number of aromatic nitrogens is 2. The summed E-state index contributed by atoms with van der Waals surface area (Å²) < 4.78 is 1.57. The first-order valence-corrected chi connectivity index (χ1v) is 8.31. The minimum absolute atomic E-state index is 0.00433. The van der Waals surface area contributed by atoms with E-state index in [-0.39, 0.29) is 18.0 Å². The lowest BCUT2D eigenvalue weighted by Gasteiger charge is -2.32. The molecule has 1 aromatic carbocycles. The minimum Gasteiger partial charge on any atom is -0.339 e. The molecule has 1 fully saturated rings. The van der Waals surface area contributed by atoms with Gasteiger partial charge in [-0.05, 0) is 51.1 Å². The number of piperazine rings is 1. The van der Waals surface area contributed by atoms with Gasteiger partial charge in [-0.1, -0.05) is 0 Å². The predicted molar refractivity (Wildman–Crippen MR) is 94.3 cm³/mol. The van der Waals surface area contributed by atoms with Gasteiger partial charge in [0.1, 0.15) is 12.2 Å². The molecule has 0 radical (unpaired) electrons. The van der Waals surface area contributed by atoms with Crippen molar-refractivity contribution in [2.24, 2.45) is 0 Å². The number of rotatable bonds is 2. The molecule has 1 aromatic heterocycles. The highest BCUT2D eigenvalue weighted by Gasteiger charge is 2.21. The van der Waals surface area contributed by atoms with Gasteiger partial charge in [0.05, 0.1) is 11.0 Å². The molecule has 1 aliphatic heterocycles. The van der Waals surface area contributed by atoms with Crippen molar-refractivity contribution >= 4 is 16.9 Å². The molecule has 6 nitrogen and oxygen atoms in total. The summed E-state index contributed by atoms with van der Waals surface area (Å²) in [6.07, 6.45) is 0. The SMILES string of the molecule is Cc1cc2nc(C)c(=O)n(CC(=O)N3CCN(C)CC3)c2cc1C. The van der Waals surface area contributed by atoms with Gasteiger partial charge in [-0.3, -0.25) is 14.2 Å². The van der Waals surface area contributed by atoms with Gasteiger partial charge in [0.2, 0.25) is 5.91 Å². The summed E-state index contributed by atoms with van der Waals surface area (Å²) >= 11 is 0. The molecular weight excluding hydrogens is 304 g/mol. The molecular formula is C18H24N4O2. The van der Waals surface area contributed by atoms with E-state index in [4.69, 9.17) is 0 Å². The van der Waals surface area contributed by atoms with Crippen molar-refractivity contribution in [3.8, 4) is 0 Å². The number of fused-ring (bicyclic) bond motifs is 1. The molecule has 1 aliphatic rings. The van der Waals surface area contributed by atoms with Gasteiger partial charge in [0.15, 0.2) is 0 Å². The van der Waals surface area contributed by atoms with Crippen molar-refractivity contribution in [3.63, 3.8) is 0 Å². The lowest BCUT2D eigenvalue weighted by atomic mass is 10.1.